The van der Waals surface area contributed by atoms with Crippen LogP contribution in [-0.2, 0) is 7.05 Å². The molecule has 1 amide bonds. The highest BCUT2D eigenvalue weighted by Crippen LogP contribution is 2.38. The van der Waals surface area contributed by atoms with Crippen LogP contribution in [0.1, 0.15) is 40.8 Å². The van der Waals surface area contributed by atoms with E-state index in [4.69, 9.17) is 0 Å². The molecule has 1 saturated heterocycles. The van der Waals surface area contributed by atoms with Gasteiger partial charge >= 0.3 is 0 Å². The van der Waals surface area contributed by atoms with Gasteiger partial charge in [0.05, 0.1) is 6.04 Å². The first-order valence-electron chi connectivity index (χ1n) is 7.99. The monoisotopic (exact) mass is 312 g/mol. The van der Waals surface area contributed by atoms with Crippen molar-refractivity contribution in [1.29, 1.82) is 0 Å². The zero-order valence-corrected chi connectivity index (χ0v) is 13.4. The van der Waals surface area contributed by atoms with Crippen LogP contribution in [0.5, 0.6) is 0 Å². The second-order valence-electron chi connectivity index (χ2n) is 6.45. The topological polar surface area (TPSA) is 75.9 Å². The summed E-state index contributed by atoms with van der Waals surface area (Å²) >= 11 is 0. The van der Waals surface area contributed by atoms with Crippen molar-refractivity contribution in [2.75, 3.05) is 18.0 Å². The van der Waals surface area contributed by atoms with Gasteiger partial charge in [-0.05, 0) is 25.8 Å². The van der Waals surface area contributed by atoms with Crippen molar-refractivity contribution in [3.8, 4) is 0 Å². The number of rotatable bonds is 4. The summed E-state index contributed by atoms with van der Waals surface area (Å²) in [5.41, 5.74) is 1.47. The molecule has 4 rings (SSSR count). The van der Waals surface area contributed by atoms with Gasteiger partial charge in [0.1, 0.15) is 17.3 Å². The molecule has 1 aliphatic heterocycles. The molecule has 2 fully saturated rings. The van der Waals surface area contributed by atoms with E-state index in [-0.39, 0.29) is 11.9 Å². The van der Waals surface area contributed by atoms with Crippen LogP contribution in [0.4, 0.5) is 5.82 Å². The van der Waals surface area contributed by atoms with Crippen molar-refractivity contribution >= 4 is 11.7 Å². The molecule has 2 aliphatic rings. The first-order chi connectivity index (χ1) is 11.1. The van der Waals surface area contributed by atoms with Crippen molar-refractivity contribution in [3.05, 3.63) is 35.5 Å². The van der Waals surface area contributed by atoms with Crippen molar-refractivity contribution in [2.24, 2.45) is 7.05 Å². The lowest BCUT2D eigenvalue weighted by atomic mass is 10.1. The van der Waals surface area contributed by atoms with Crippen LogP contribution in [0.2, 0.25) is 0 Å². The highest BCUT2D eigenvalue weighted by Gasteiger charge is 2.32. The number of nitrogens with one attached hydrogen (secondary N) is 1. The molecular weight excluding hydrogens is 292 g/mol. The molecule has 0 bridgehead atoms. The van der Waals surface area contributed by atoms with Crippen LogP contribution in [0.25, 0.3) is 0 Å². The molecular formula is C16H20N6O. The summed E-state index contributed by atoms with van der Waals surface area (Å²) in [4.78, 5) is 23.5. The third-order valence-electron chi connectivity index (χ3n) is 4.29. The number of hydrogen-bond acceptors (Lipinski definition) is 5. The van der Waals surface area contributed by atoms with Gasteiger partial charge in [0, 0.05) is 44.0 Å². The van der Waals surface area contributed by atoms with Gasteiger partial charge in [0.25, 0.3) is 5.91 Å². The minimum Gasteiger partial charge on any atom is -0.352 e. The number of carbonyl (C=O) groups excluding carboxylic acids is 1. The lowest BCUT2D eigenvalue weighted by Gasteiger charge is -2.40. The Morgan fingerprint density at radius 2 is 2.09 bits per heavy atom. The Morgan fingerprint density at radius 3 is 2.74 bits per heavy atom. The second-order valence-corrected chi connectivity index (χ2v) is 6.45. The van der Waals surface area contributed by atoms with Crippen LogP contribution in [0, 0.1) is 6.92 Å². The summed E-state index contributed by atoms with van der Waals surface area (Å²) in [5, 5.41) is 7.13. The lowest BCUT2D eigenvalue weighted by molar-refractivity contribution is 0.0924. The molecule has 7 heteroatoms. The van der Waals surface area contributed by atoms with E-state index in [0.29, 0.717) is 11.6 Å². The van der Waals surface area contributed by atoms with Crippen molar-refractivity contribution < 1.29 is 4.79 Å². The molecule has 3 heterocycles. The van der Waals surface area contributed by atoms with Gasteiger partial charge in [0.2, 0.25) is 0 Å². The number of amides is 1. The summed E-state index contributed by atoms with van der Waals surface area (Å²) in [6.07, 6.45) is 4.17. The Morgan fingerprint density at radius 1 is 1.30 bits per heavy atom. The average Bonchev–Trinajstić information content (AvgIpc) is 3.23. The van der Waals surface area contributed by atoms with Gasteiger partial charge in [-0.1, -0.05) is 0 Å². The van der Waals surface area contributed by atoms with Crippen LogP contribution >= 0.6 is 0 Å². The second kappa shape index (κ2) is 5.33. The molecule has 1 saturated carbocycles. The minimum absolute atomic E-state index is 0.118. The van der Waals surface area contributed by atoms with E-state index in [0.717, 1.165) is 30.4 Å². The predicted molar refractivity (Wildman–Crippen MR) is 85.4 cm³/mol. The summed E-state index contributed by atoms with van der Waals surface area (Å²) in [5.74, 6) is 2.38. The average molecular weight is 312 g/mol. The van der Waals surface area contributed by atoms with Crippen molar-refractivity contribution in [1.82, 2.24) is 25.1 Å². The maximum absolute atomic E-state index is 12.1. The van der Waals surface area contributed by atoms with Gasteiger partial charge in [0.15, 0.2) is 0 Å². The number of aryl methyl sites for hydroxylation is 2. The fourth-order valence-corrected chi connectivity index (χ4v) is 2.81. The molecule has 1 N–H and O–H groups in total. The highest BCUT2D eigenvalue weighted by atomic mass is 16.2. The summed E-state index contributed by atoms with van der Waals surface area (Å²) in [6, 6.07) is 3.88. The van der Waals surface area contributed by atoms with E-state index in [1.54, 1.807) is 24.0 Å². The number of carbonyl (C=O) groups is 1. The maximum Gasteiger partial charge on any atom is 0.272 e. The van der Waals surface area contributed by atoms with Gasteiger partial charge in [-0.2, -0.15) is 5.10 Å². The first-order valence-corrected chi connectivity index (χ1v) is 7.99. The Hall–Kier alpha value is -2.44. The van der Waals surface area contributed by atoms with Crippen LogP contribution in [-0.4, -0.2) is 44.8 Å². The van der Waals surface area contributed by atoms with E-state index in [1.165, 1.54) is 12.8 Å². The fourth-order valence-electron chi connectivity index (χ4n) is 2.81. The molecule has 0 radical (unpaired) electrons. The first kappa shape index (κ1) is 14.2. The third-order valence-corrected chi connectivity index (χ3v) is 4.29. The highest BCUT2D eigenvalue weighted by molar-refractivity contribution is 5.92. The van der Waals surface area contributed by atoms with E-state index in [2.05, 4.69) is 25.3 Å². The van der Waals surface area contributed by atoms with Crippen LogP contribution in [0.15, 0.2) is 18.3 Å². The molecule has 7 nitrogen and oxygen atoms in total. The molecule has 0 unspecified atom stereocenters. The minimum atomic E-state index is -0.118. The zero-order valence-electron chi connectivity index (χ0n) is 13.4. The Balaban J connectivity index is 1.37. The Labute approximate surface area is 134 Å². The van der Waals surface area contributed by atoms with E-state index >= 15 is 0 Å². The fraction of sp³-hybridized carbons (Fsp3) is 0.500. The Kier molecular flexibility index (Phi) is 3.28. The van der Waals surface area contributed by atoms with Crippen LogP contribution < -0.4 is 10.2 Å². The van der Waals surface area contributed by atoms with Crippen molar-refractivity contribution in [3.63, 3.8) is 0 Å². The number of aromatic nitrogens is 4. The quantitative estimate of drug-likeness (QED) is 0.912. The van der Waals surface area contributed by atoms with Gasteiger partial charge in [-0.15, -0.1) is 0 Å². The zero-order chi connectivity index (χ0) is 16.0. The maximum atomic E-state index is 12.1. The third kappa shape index (κ3) is 2.91. The molecule has 1 aliphatic carbocycles. The predicted octanol–water partition coefficient (Wildman–Crippen LogP) is 1.01. The normalized spacial score (nSPS) is 17.9. The largest absolute Gasteiger partial charge is 0.352 e. The van der Waals surface area contributed by atoms with Gasteiger partial charge in [-0.25, -0.2) is 9.97 Å². The smallest absolute Gasteiger partial charge is 0.272 e. The van der Waals surface area contributed by atoms with Gasteiger partial charge < -0.3 is 10.2 Å². The van der Waals surface area contributed by atoms with Crippen molar-refractivity contribution in [2.45, 2.75) is 31.7 Å². The van der Waals surface area contributed by atoms with E-state index < -0.39 is 0 Å². The molecule has 23 heavy (non-hydrogen) atoms. The van der Waals surface area contributed by atoms with E-state index in [1.807, 2.05) is 13.0 Å². The van der Waals surface area contributed by atoms with E-state index in [9.17, 15) is 4.79 Å². The number of anilines is 1. The molecule has 2 aromatic heterocycles. The Bertz CT molecular complexity index is 745. The summed E-state index contributed by atoms with van der Waals surface area (Å²) < 4.78 is 1.63. The molecule has 0 aromatic carbocycles. The molecule has 2 aromatic rings. The molecule has 120 valence electrons. The molecule has 0 atom stereocenters. The van der Waals surface area contributed by atoms with Crippen LogP contribution in [0.3, 0.4) is 0 Å². The standard InChI is InChI=1S/C16H20N6O/c1-10-7-14(19-15(17-10)11-3-4-11)22-8-12(9-22)18-16(23)13-5-6-21(2)20-13/h5-7,11-12H,3-4,8-9H2,1-2H3,(H,18,23). The molecule has 0 spiro atoms. The van der Waals surface area contributed by atoms with Gasteiger partial charge in [-0.3, -0.25) is 9.48 Å². The summed E-state index contributed by atoms with van der Waals surface area (Å²) in [7, 11) is 1.80. The summed E-state index contributed by atoms with van der Waals surface area (Å²) in [6.45, 7) is 3.56. The lowest BCUT2D eigenvalue weighted by Crippen LogP contribution is -2.59. The SMILES string of the molecule is Cc1cc(N2CC(NC(=O)c3ccn(C)n3)C2)nc(C2CC2)n1. The number of nitrogens with zero attached hydrogens (tertiary/aromatic N) is 5. The number of hydrogen-bond donors (Lipinski definition) is 1.